The summed E-state index contributed by atoms with van der Waals surface area (Å²) in [5.74, 6) is -0.210. The summed E-state index contributed by atoms with van der Waals surface area (Å²) in [5, 5.41) is 20.1. The van der Waals surface area contributed by atoms with E-state index in [2.05, 4.69) is 21.6 Å². The van der Waals surface area contributed by atoms with Gasteiger partial charge in [0.2, 0.25) is 0 Å². The molecule has 1 aliphatic heterocycles. The summed E-state index contributed by atoms with van der Waals surface area (Å²) in [4.78, 5) is 0. The fourth-order valence-corrected chi connectivity index (χ4v) is 2.99. The summed E-state index contributed by atoms with van der Waals surface area (Å²) >= 11 is 0. The predicted molar refractivity (Wildman–Crippen MR) is 84.3 cm³/mol. The molecule has 132 valence electrons. The van der Waals surface area contributed by atoms with E-state index >= 15 is 0 Å². The molecule has 0 aliphatic carbocycles. The Kier molecular flexibility index (Phi) is 4.77. The summed E-state index contributed by atoms with van der Waals surface area (Å²) < 4.78 is 40.5. The zero-order chi connectivity index (χ0) is 18.0. The van der Waals surface area contributed by atoms with Crippen LogP contribution in [0.3, 0.4) is 0 Å². The molecule has 25 heavy (non-hydrogen) atoms. The minimum Gasteiger partial charge on any atom is -0.313 e. The van der Waals surface area contributed by atoms with Crippen LogP contribution in [0, 0.1) is 17.2 Å². The molecule has 0 saturated heterocycles. The summed E-state index contributed by atoms with van der Waals surface area (Å²) in [6, 6.07) is 9.22. The van der Waals surface area contributed by atoms with Gasteiger partial charge in [0.05, 0.1) is 24.1 Å². The van der Waals surface area contributed by atoms with Gasteiger partial charge < -0.3 is 9.88 Å². The van der Waals surface area contributed by atoms with Crippen LogP contribution in [0.4, 0.5) is 13.2 Å². The van der Waals surface area contributed by atoms with Crippen LogP contribution in [0.5, 0.6) is 0 Å². The number of hydrogen-bond acceptors (Lipinski definition) is 4. The number of nitrogens with zero attached hydrogens (tertiary/aromatic N) is 4. The summed E-state index contributed by atoms with van der Waals surface area (Å²) in [6.07, 6.45) is -3.83. The predicted octanol–water partition coefficient (Wildman–Crippen LogP) is 3.13. The highest BCUT2D eigenvalue weighted by Gasteiger charge is 2.42. The van der Waals surface area contributed by atoms with Crippen LogP contribution in [0.1, 0.15) is 42.2 Å². The number of alkyl halides is 3. The molecule has 1 aromatic heterocycles. The third kappa shape index (κ3) is 3.82. The average molecular weight is 349 g/mol. The van der Waals surface area contributed by atoms with Gasteiger partial charge in [0.25, 0.3) is 0 Å². The Labute approximate surface area is 143 Å². The highest BCUT2D eigenvalue weighted by molar-refractivity contribution is 5.32. The van der Waals surface area contributed by atoms with Crippen molar-refractivity contribution in [2.45, 2.75) is 45.1 Å². The minimum absolute atomic E-state index is 0.0253. The Morgan fingerprint density at radius 3 is 2.68 bits per heavy atom. The van der Waals surface area contributed by atoms with E-state index in [9.17, 15) is 13.2 Å². The van der Waals surface area contributed by atoms with E-state index in [1.54, 1.807) is 16.7 Å². The smallest absolute Gasteiger partial charge is 0.313 e. The Morgan fingerprint density at radius 2 is 2.04 bits per heavy atom. The van der Waals surface area contributed by atoms with Crippen LogP contribution in [-0.2, 0) is 19.5 Å². The third-order valence-corrected chi connectivity index (χ3v) is 4.59. The lowest BCUT2D eigenvalue weighted by Gasteiger charge is -2.26. The molecule has 8 heteroatoms. The molecule has 5 nitrogen and oxygen atoms in total. The van der Waals surface area contributed by atoms with E-state index in [0.29, 0.717) is 30.2 Å². The second kappa shape index (κ2) is 6.84. The van der Waals surface area contributed by atoms with Gasteiger partial charge in [-0.3, -0.25) is 0 Å². The molecular formula is C17H18F3N5. The van der Waals surface area contributed by atoms with Gasteiger partial charge in [0.1, 0.15) is 11.6 Å². The topological polar surface area (TPSA) is 66.5 Å². The number of rotatable bonds is 4. The zero-order valence-corrected chi connectivity index (χ0v) is 13.7. The van der Waals surface area contributed by atoms with E-state index in [1.807, 2.05) is 19.1 Å². The number of fused-ring (bicyclic) bond motifs is 1. The normalized spacial score (nSPS) is 18.4. The number of halogens is 3. The molecule has 2 atom stereocenters. The molecule has 0 amide bonds. The summed E-state index contributed by atoms with van der Waals surface area (Å²) in [6.45, 7) is 2.17. The number of benzene rings is 1. The van der Waals surface area contributed by atoms with E-state index in [1.165, 1.54) is 0 Å². The first kappa shape index (κ1) is 17.4. The molecule has 0 bridgehead atoms. The standard InChI is InChI=1S/C17H18F3N5/c1-11(13-4-2-12(8-21)3-5-13)22-9-16-24-23-15-7-6-14(10-25(15)16)17(18,19)20/h2-5,11,14,22H,6-7,9-10H2,1H3/t11-,14+/m1/s1. The van der Waals surface area contributed by atoms with Gasteiger partial charge in [-0.05, 0) is 31.0 Å². The SMILES string of the molecule is C[C@@H](NCc1nnc2n1C[C@@H](C(F)(F)F)CC2)c1ccc(C#N)cc1. The number of aromatic nitrogens is 3. The van der Waals surface area contributed by atoms with E-state index < -0.39 is 12.1 Å². The molecule has 0 fully saturated rings. The lowest BCUT2D eigenvalue weighted by molar-refractivity contribution is -0.182. The van der Waals surface area contributed by atoms with Crippen molar-refractivity contribution in [3.8, 4) is 6.07 Å². The first-order valence-corrected chi connectivity index (χ1v) is 8.09. The van der Waals surface area contributed by atoms with Crippen LogP contribution in [0.15, 0.2) is 24.3 Å². The largest absolute Gasteiger partial charge is 0.393 e. The molecule has 3 rings (SSSR count). The maximum absolute atomic E-state index is 13.0. The molecule has 1 N–H and O–H groups in total. The molecule has 1 aromatic carbocycles. The molecule has 1 aliphatic rings. The van der Waals surface area contributed by atoms with Gasteiger partial charge in [0.15, 0.2) is 0 Å². The minimum atomic E-state index is -4.19. The number of nitriles is 1. The Hall–Kier alpha value is -2.40. The van der Waals surface area contributed by atoms with Crippen molar-refractivity contribution in [2.24, 2.45) is 5.92 Å². The van der Waals surface area contributed by atoms with Crippen molar-refractivity contribution in [2.75, 3.05) is 0 Å². The monoisotopic (exact) mass is 349 g/mol. The molecule has 2 aromatic rings. The molecule has 0 saturated carbocycles. The lowest BCUT2D eigenvalue weighted by atomic mass is 9.99. The van der Waals surface area contributed by atoms with Crippen molar-refractivity contribution in [1.29, 1.82) is 5.26 Å². The van der Waals surface area contributed by atoms with E-state index in [-0.39, 0.29) is 19.0 Å². The second-order valence-electron chi connectivity index (χ2n) is 6.26. The molecule has 0 unspecified atom stereocenters. The number of hydrogen-bond donors (Lipinski definition) is 1. The second-order valence-corrected chi connectivity index (χ2v) is 6.26. The van der Waals surface area contributed by atoms with Gasteiger partial charge in [0, 0.05) is 19.0 Å². The fraction of sp³-hybridized carbons (Fsp3) is 0.471. The van der Waals surface area contributed by atoms with Crippen molar-refractivity contribution in [3.63, 3.8) is 0 Å². The van der Waals surface area contributed by atoms with Crippen LogP contribution >= 0.6 is 0 Å². The van der Waals surface area contributed by atoms with Crippen molar-refractivity contribution < 1.29 is 13.2 Å². The van der Waals surface area contributed by atoms with E-state index in [0.717, 1.165) is 5.56 Å². The van der Waals surface area contributed by atoms with Gasteiger partial charge >= 0.3 is 6.18 Å². The van der Waals surface area contributed by atoms with Crippen LogP contribution in [0.25, 0.3) is 0 Å². The first-order valence-electron chi connectivity index (χ1n) is 8.09. The van der Waals surface area contributed by atoms with E-state index in [4.69, 9.17) is 5.26 Å². The quantitative estimate of drug-likeness (QED) is 0.921. The van der Waals surface area contributed by atoms with Crippen molar-refractivity contribution in [3.05, 3.63) is 47.0 Å². The number of aryl methyl sites for hydroxylation is 1. The Morgan fingerprint density at radius 1 is 1.32 bits per heavy atom. The zero-order valence-electron chi connectivity index (χ0n) is 13.7. The van der Waals surface area contributed by atoms with Gasteiger partial charge in [-0.2, -0.15) is 18.4 Å². The number of nitrogens with one attached hydrogen (secondary N) is 1. The summed E-state index contributed by atoms with van der Waals surface area (Å²) in [5.41, 5.74) is 1.58. The van der Waals surface area contributed by atoms with Gasteiger partial charge in [-0.1, -0.05) is 12.1 Å². The van der Waals surface area contributed by atoms with Crippen molar-refractivity contribution >= 4 is 0 Å². The summed E-state index contributed by atoms with van der Waals surface area (Å²) in [7, 11) is 0. The van der Waals surface area contributed by atoms with Crippen LogP contribution in [-0.4, -0.2) is 20.9 Å². The van der Waals surface area contributed by atoms with Crippen molar-refractivity contribution in [1.82, 2.24) is 20.1 Å². The molecule has 2 heterocycles. The van der Waals surface area contributed by atoms with Crippen LogP contribution < -0.4 is 5.32 Å². The average Bonchev–Trinajstić information content (AvgIpc) is 3.01. The first-order chi connectivity index (χ1) is 11.9. The Balaban J connectivity index is 1.66. The Bertz CT molecular complexity index is 773. The molecule has 0 spiro atoms. The highest BCUT2D eigenvalue weighted by atomic mass is 19.4. The van der Waals surface area contributed by atoms with Crippen LogP contribution in [0.2, 0.25) is 0 Å². The fourth-order valence-electron chi connectivity index (χ4n) is 2.99. The molecular weight excluding hydrogens is 331 g/mol. The third-order valence-electron chi connectivity index (χ3n) is 4.59. The van der Waals surface area contributed by atoms with Gasteiger partial charge in [-0.25, -0.2) is 0 Å². The maximum Gasteiger partial charge on any atom is 0.393 e. The maximum atomic E-state index is 13.0. The lowest BCUT2D eigenvalue weighted by Crippen LogP contribution is -2.33. The molecule has 0 radical (unpaired) electrons. The highest BCUT2D eigenvalue weighted by Crippen LogP contribution is 2.34. The van der Waals surface area contributed by atoms with Gasteiger partial charge in [-0.15, -0.1) is 10.2 Å².